The molecule has 21 heavy (non-hydrogen) atoms. The first-order valence-corrected chi connectivity index (χ1v) is 7.46. The Balaban J connectivity index is 1.76. The molecule has 1 unspecified atom stereocenters. The van der Waals surface area contributed by atoms with Crippen molar-refractivity contribution in [2.75, 3.05) is 6.61 Å². The smallest absolute Gasteiger partial charge is 0.266 e. The topological polar surface area (TPSA) is 49.8 Å². The van der Waals surface area contributed by atoms with Gasteiger partial charge in [0.25, 0.3) is 5.17 Å². The van der Waals surface area contributed by atoms with E-state index in [4.69, 9.17) is 17.0 Å². The molecule has 1 fully saturated rings. The predicted molar refractivity (Wildman–Crippen MR) is 82.6 cm³/mol. The zero-order valence-electron chi connectivity index (χ0n) is 11.5. The monoisotopic (exact) mass is 303 g/mol. The van der Waals surface area contributed by atoms with Crippen LogP contribution in [0.1, 0.15) is 12.0 Å². The van der Waals surface area contributed by atoms with Crippen LogP contribution in [0.4, 0.5) is 0 Å². The second-order valence-electron chi connectivity index (χ2n) is 5.39. The average molecular weight is 303 g/mol. The standard InChI is InChI=1S/C16H17NO3S/c18-14-8-4-7-13(14)15(19)17-12(10-20-16(17)21)9-11-5-2-1-3-6-11/h1-7,12-14,18H,8-10H2/t12-,13?,14-/m1/s1. The lowest BCUT2D eigenvalue weighted by Gasteiger charge is -2.25. The van der Waals surface area contributed by atoms with Crippen molar-refractivity contribution in [3.05, 3.63) is 48.0 Å². The molecule has 1 aromatic carbocycles. The number of aliphatic hydroxyl groups is 1. The van der Waals surface area contributed by atoms with Gasteiger partial charge < -0.3 is 9.84 Å². The van der Waals surface area contributed by atoms with Crippen LogP contribution in [-0.2, 0) is 16.0 Å². The van der Waals surface area contributed by atoms with Gasteiger partial charge in [-0.3, -0.25) is 9.69 Å². The third-order valence-electron chi connectivity index (χ3n) is 3.93. The summed E-state index contributed by atoms with van der Waals surface area (Å²) < 4.78 is 5.40. The van der Waals surface area contributed by atoms with Crippen molar-refractivity contribution >= 4 is 23.3 Å². The minimum atomic E-state index is -0.654. The lowest BCUT2D eigenvalue weighted by atomic mass is 10.0. The Bertz CT molecular complexity index is 572. The number of carbonyl (C=O) groups is 1. The zero-order chi connectivity index (χ0) is 14.8. The van der Waals surface area contributed by atoms with E-state index in [-0.39, 0.29) is 17.1 Å². The number of nitrogens with zero attached hydrogens (tertiary/aromatic N) is 1. The third kappa shape index (κ3) is 2.84. The number of thiocarbonyl (C=S) groups is 1. The molecule has 1 aliphatic carbocycles. The molecule has 1 heterocycles. The van der Waals surface area contributed by atoms with Gasteiger partial charge in [-0.25, -0.2) is 0 Å². The van der Waals surface area contributed by atoms with Crippen LogP contribution in [-0.4, -0.2) is 39.8 Å². The van der Waals surface area contributed by atoms with Gasteiger partial charge in [-0.2, -0.15) is 0 Å². The SMILES string of the molecule is O=C(C1C=CC[C@H]1O)N1C(=S)OC[C@H]1Cc1ccccc1. The van der Waals surface area contributed by atoms with Crippen molar-refractivity contribution in [1.82, 2.24) is 4.90 Å². The van der Waals surface area contributed by atoms with Crippen LogP contribution < -0.4 is 0 Å². The molecule has 0 saturated carbocycles. The van der Waals surface area contributed by atoms with Crippen molar-refractivity contribution in [1.29, 1.82) is 0 Å². The van der Waals surface area contributed by atoms with E-state index in [1.165, 1.54) is 4.90 Å². The maximum Gasteiger partial charge on any atom is 0.266 e. The highest BCUT2D eigenvalue weighted by atomic mass is 32.1. The van der Waals surface area contributed by atoms with Gasteiger partial charge in [0.05, 0.1) is 18.1 Å². The fraction of sp³-hybridized carbons (Fsp3) is 0.375. The summed E-state index contributed by atoms with van der Waals surface area (Å²) in [6.45, 7) is 0.409. The number of hydrogen-bond acceptors (Lipinski definition) is 4. The van der Waals surface area contributed by atoms with Gasteiger partial charge in [0.15, 0.2) is 0 Å². The summed E-state index contributed by atoms with van der Waals surface area (Å²) in [5, 5.41) is 10.1. The Morgan fingerprint density at radius 1 is 1.38 bits per heavy atom. The first kappa shape index (κ1) is 14.2. The number of benzene rings is 1. The van der Waals surface area contributed by atoms with Crippen molar-refractivity contribution < 1.29 is 14.6 Å². The summed E-state index contributed by atoms with van der Waals surface area (Å²) in [4.78, 5) is 14.1. The summed E-state index contributed by atoms with van der Waals surface area (Å²) >= 11 is 5.16. The highest BCUT2D eigenvalue weighted by Crippen LogP contribution is 2.25. The molecule has 0 radical (unpaired) electrons. The van der Waals surface area contributed by atoms with Crippen LogP contribution in [0.5, 0.6) is 0 Å². The Labute approximate surface area is 129 Å². The number of hydrogen-bond donors (Lipinski definition) is 1. The van der Waals surface area contributed by atoms with Gasteiger partial charge >= 0.3 is 0 Å². The molecule has 1 saturated heterocycles. The van der Waals surface area contributed by atoms with Gasteiger partial charge in [0.2, 0.25) is 5.91 Å². The van der Waals surface area contributed by atoms with E-state index < -0.39 is 12.0 Å². The molecule has 0 aromatic heterocycles. The molecule has 4 nitrogen and oxygen atoms in total. The average Bonchev–Trinajstić information content (AvgIpc) is 3.06. The predicted octanol–water partition coefficient (Wildman–Crippen LogP) is 1.68. The molecule has 0 bridgehead atoms. The second-order valence-corrected chi connectivity index (χ2v) is 5.73. The van der Waals surface area contributed by atoms with E-state index in [0.29, 0.717) is 19.4 Å². The molecule has 3 atom stereocenters. The van der Waals surface area contributed by atoms with Crippen LogP contribution in [0.2, 0.25) is 0 Å². The highest BCUT2D eigenvalue weighted by molar-refractivity contribution is 7.80. The maximum absolute atomic E-state index is 12.6. The number of amides is 1. The molecule has 110 valence electrons. The van der Waals surface area contributed by atoms with E-state index in [1.54, 1.807) is 6.08 Å². The molecule has 3 rings (SSSR count). The molecule has 1 amide bonds. The summed E-state index contributed by atoms with van der Waals surface area (Å²) in [5.74, 6) is -0.678. The van der Waals surface area contributed by atoms with Gasteiger partial charge in [-0.1, -0.05) is 42.5 Å². The Morgan fingerprint density at radius 3 is 2.81 bits per heavy atom. The Hall–Kier alpha value is -1.72. The van der Waals surface area contributed by atoms with Crippen LogP contribution >= 0.6 is 12.2 Å². The van der Waals surface area contributed by atoms with E-state index in [1.807, 2.05) is 36.4 Å². The molecule has 1 N–H and O–H groups in total. The van der Waals surface area contributed by atoms with Crippen molar-refractivity contribution in [3.8, 4) is 0 Å². The van der Waals surface area contributed by atoms with Crippen LogP contribution in [0.3, 0.4) is 0 Å². The van der Waals surface area contributed by atoms with Gasteiger partial charge in [-0.15, -0.1) is 0 Å². The third-order valence-corrected chi connectivity index (χ3v) is 4.25. The summed E-state index contributed by atoms with van der Waals surface area (Å²) in [7, 11) is 0. The fourth-order valence-electron chi connectivity index (χ4n) is 2.81. The molecule has 1 aromatic rings. The number of aliphatic hydroxyl groups excluding tert-OH is 1. The fourth-order valence-corrected chi connectivity index (χ4v) is 3.12. The zero-order valence-corrected chi connectivity index (χ0v) is 12.3. The van der Waals surface area contributed by atoms with Gasteiger partial charge in [-0.05, 0) is 30.6 Å². The minimum absolute atomic E-state index is 0.103. The van der Waals surface area contributed by atoms with Crippen LogP contribution in [0.25, 0.3) is 0 Å². The van der Waals surface area contributed by atoms with Crippen LogP contribution in [0, 0.1) is 5.92 Å². The Kier molecular flexibility index (Phi) is 4.03. The van der Waals surface area contributed by atoms with E-state index in [0.717, 1.165) is 5.56 Å². The quantitative estimate of drug-likeness (QED) is 0.682. The number of rotatable bonds is 3. The van der Waals surface area contributed by atoms with Gasteiger partial charge in [0, 0.05) is 0 Å². The normalized spacial score (nSPS) is 28.0. The molecular formula is C16H17NO3S. The maximum atomic E-state index is 12.6. The highest BCUT2D eigenvalue weighted by Gasteiger charge is 2.40. The first-order valence-electron chi connectivity index (χ1n) is 7.05. The summed E-state index contributed by atoms with van der Waals surface area (Å²) in [6.07, 6.45) is 4.14. The van der Waals surface area contributed by atoms with Crippen molar-refractivity contribution in [2.45, 2.75) is 25.0 Å². The van der Waals surface area contributed by atoms with Gasteiger partial charge in [0.1, 0.15) is 6.61 Å². The van der Waals surface area contributed by atoms with Crippen molar-refractivity contribution in [2.24, 2.45) is 5.92 Å². The lowest BCUT2D eigenvalue weighted by Crippen LogP contribution is -2.45. The van der Waals surface area contributed by atoms with Crippen molar-refractivity contribution in [3.63, 3.8) is 0 Å². The molecule has 0 spiro atoms. The molecular weight excluding hydrogens is 286 g/mol. The van der Waals surface area contributed by atoms with Crippen LogP contribution in [0.15, 0.2) is 42.5 Å². The van der Waals surface area contributed by atoms with E-state index >= 15 is 0 Å². The molecule has 2 aliphatic rings. The largest absolute Gasteiger partial charge is 0.468 e. The molecule has 5 heteroatoms. The van der Waals surface area contributed by atoms with E-state index in [9.17, 15) is 9.90 Å². The first-order chi connectivity index (χ1) is 10.2. The second kappa shape index (κ2) is 5.95. The Morgan fingerprint density at radius 2 is 2.14 bits per heavy atom. The summed E-state index contributed by atoms with van der Waals surface area (Å²) in [5.41, 5.74) is 1.14. The number of carbonyl (C=O) groups excluding carboxylic acids is 1. The minimum Gasteiger partial charge on any atom is -0.468 e. The number of ether oxygens (including phenoxy) is 1. The molecule has 1 aliphatic heterocycles. The lowest BCUT2D eigenvalue weighted by molar-refractivity contribution is -0.133. The summed E-state index contributed by atoms with van der Waals surface area (Å²) in [6, 6.07) is 9.84. The van der Waals surface area contributed by atoms with E-state index in [2.05, 4.69) is 0 Å².